The van der Waals surface area contributed by atoms with Crippen LogP contribution >= 0.6 is 34.9 Å². The lowest BCUT2D eigenvalue weighted by Gasteiger charge is -2.27. The number of hydrogen-bond acceptors (Lipinski definition) is 9. The Morgan fingerprint density at radius 2 is 2.25 bits per heavy atom. The Kier molecular flexibility index (Phi) is 5.67. The van der Waals surface area contributed by atoms with E-state index in [2.05, 4.69) is 10.2 Å². The highest BCUT2D eigenvalue weighted by molar-refractivity contribution is 8.04. The largest absolute Gasteiger partial charge is 0.537 e. The van der Waals surface area contributed by atoms with Gasteiger partial charge in [-0.1, -0.05) is 47.0 Å². The topological polar surface area (TPSA) is 119 Å². The van der Waals surface area contributed by atoms with Crippen molar-refractivity contribution in [3.05, 3.63) is 29.3 Å². The molecule has 1 atom stereocenters. The van der Waals surface area contributed by atoms with E-state index in [9.17, 15) is 14.9 Å². The summed E-state index contributed by atoms with van der Waals surface area (Å²) in [6.07, 6.45) is 0.493. The molecule has 24 heavy (non-hydrogen) atoms. The molecule has 0 spiro atoms. The molecule has 1 aliphatic heterocycles. The lowest BCUT2D eigenvalue weighted by atomic mass is 9.77. The van der Waals surface area contributed by atoms with Crippen LogP contribution in [0.1, 0.15) is 15.9 Å². The third-order valence-electron chi connectivity index (χ3n) is 3.29. The van der Waals surface area contributed by atoms with Crippen LogP contribution in [0.15, 0.2) is 26.9 Å². The Bertz CT molecular complexity index is 745. The van der Waals surface area contributed by atoms with Gasteiger partial charge in [0.1, 0.15) is 5.75 Å². The smallest absolute Gasteiger partial charge is 0.535 e. The molecular weight excluding hydrogens is 369 g/mol. The first-order valence-corrected chi connectivity index (χ1v) is 9.79. The van der Waals surface area contributed by atoms with Crippen molar-refractivity contribution in [1.29, 1.82) is 0 Å². The van der Waals surface area contributed by atoms with Crippen molar-refractivity contribution in [2.75, 3.05) is 12.3 Å². The van der Waals surface area contributed by atoms with Gasteiger partial charge in [-0.3, -0.25) is 0 Å². The molecule has 0 fully saturated rings. The molecule has 0 saturated heterocycles. The summed E-state index contributed by atoms with van der Waals surface area (Å²) >= 11 is 4.37. The van der Waals surface area contributed by atoms with E-state index in [1.54, 1.807) is 17.8 Å². The van der Waals surface area contributed by atoms with Crippen LogP contribution in [0.25, 0.3) is 0 Å². The molecule has 11 heteroatoms. The molecule has 0 aliphatic carbocycles. The van der Waals surface area contributed by atoms with Crippen molar-refractivity contribution >= 4 is 47.9 Å². The Balaban J connectivity index is 1.73. The summed E-state index contributed by atoms with van der Waals surface area (Å²) in [6, 6.07) is 4.95. The minimum absolute atomic E-state index is 0.0615. The van der Waals surface area contributed by atoms with E-state index in [1.807, 2.05) is 6.07 Å². The maximum Gasteiger partial charge on any atom is 0.537 e. The zero-order valence-electron chi connectivity index (χ0n) is 12.4. The van der Waals surface area contributed by atoms with Crippen molar-refractivity contribution in [1.82, 2.24) is 10.2 Å². The number of fused-ring (bicyclic) bond motifs is 1. The highest BCUT2D eigenvalue weighted by Gasteiger charge is 2.38. The quantitative estimate of drug-likeness (QED) is 0.502. The number of thioether (sulfide) groups is 2. The van der Waals surface area contributed by atoms with Gasteiger partial charge in [0.2, 0.25) is 0 Å². The lowest BCUT2D eigenvalue weighted by Crippen LogP contribution is -2.40. The molecule has 4 N–H and O–H groups in total. The molecule has 1 aromatic heterocycles. The fraction of sp³-hybridized carbons (Fsp3) is 0.308. The number of nitrogens with two attached hydrogens (primary N) is 1. The lowest BCUT2D eigenvalue weighted by molar-refractivity contribution is 0.0694. The van der Waals surface area contributed by atoms with E-state index >= 15 is 0 Å². The predicted octanol–water partition coefficient (Wildman–Crippen LogP) is 1.40. The summed E-state index contributed by atoms with van der Waals surface area (Å²) in [5, 5.41) is 27.4. The zero-order valence-corrected chi connectivity index (χ0v) is 14.9. The molecule has 0 amide bonds. The molecule has 0 bridgehead atoms. The molecule has 1 aliphatic rings. The molecule has 2 heterocycles. The first kappa shape index (κ1) is 17.6. The molecule has 7 nitrogen and oxygen atoms in total. The molecule has 126 valence electrons. The minimum atomic E-state index is -1.10. The SMILES string of the molecule is NCCSc1nnc(S[C@H]2Cc3cccc(C(=O)O)c3OB2O)s1. The number of nitrogens with zero attached hydrogens (tertiary/aromatic N) is 2. The van der Waals surface area contributed by atoms with Gasteiger partial charge in [-0.25, -0.2) is 4.79 Å². The summed E-state index contributed by atoms with van der Waals surface area (Å²) < 4.78 is 7.04. The van der Waals surface area contributed by atoms with Gasteiger partial charge in [-0.05, 0) is 18.1 Å². The Labute approximate surface area is 151 Å². The second-order valence-corrected chi connectivity index (χ2v) is 8.74. The fourth-order valence-electron chi connectivity index (χ4n) is 2.25. The molecular formula is C13H14BN3O4S3. The summed E-state index contributed by atoms with van der Waals surface area (Å²) in [7, 11) is -1.10. The van der Waals surface area contributed by atoms with Crippen LogP contribution in [-0.4, -0.2) is 50.9 Å². The number of carboxylic acid groups (broad SMARTS) is 1. The van der Waals surface area contributed by atoms with Crippen molar-refractivity contribution in [2.45, 2.75) is 20.2 Å². The third kappa shape index (κ3) is 3.86. The van der Waals surface area contributed by atoms with E-state index in [-0.39, 0.29) is 16.5 Å². The number of aromatic nitrogens is 2. The number of carboxylic acids is 1. The van der Waals surface area contributed by atoms with Crippen LogP contribution in [0.3, 0.4) is 0 Å². The average Bonchev–Trinajstić information content (AvgIpc) is 3.00. The second kappa shape index (κ2) is 7.75. The van der Waals surface area contributed by atoms with Gasteiger partial charge in [-0.15, -0.1) is 10.2 Å². The van der Waals surface area contributed by atoms with Gasteiger partial charge in [0, 0.05) is 12.3 Å². The van der Waals surface area contributed by atoms with E-state index in [0.29, 0.717) is 13.0 Å². The van der Waals surface area contributed by atoms with Crippen molar-refractivity contribution in [3.63, 3.8) is 0 Å². The maximum atomic E-state index is 11.2. The van der Waals surface area contributed by atoms with Crippen LogP contribution in [0.2, 0.25) is 0 Å². The Hall–Kier alpha value is -1.27. The average molecular weight is 383 g/mol. The number of aromatic carboxylic acids is 1. The Morgan fingerprint density at radius 1 is 1.46 bits per heavy atom. The van der Waals surface area contributed by atoms with Gasteiger partial charge in [0.15, 0.2) is 8.68 Å². The van der Waals surface area contributed by atoms with Crippen molar-refractivity contribution in [3.8, 4) is 5.75 Å². The standard InChI is InChI=1S/C13H14BN3O4S3/c15-4-5-22-12-16-17-13(24-12)23-9-6-7-2-1-3-8(11(18)19)10(7)21-14(9)20/h1-3,9,20H,4-6,15H2,(H,18,19)/t9-/m0/s1. The first-order chi connectivity index (χ1) is 11.6. The summed E-state index contributed by atoms with van der Waals surface area (Å²) in [4.78, 5) is 11.2. The number of carbonyl (C=O) groups is 1. The van der Waals surface area contributed by atoms with E-state index in [4.69, 9.17) is 10.4 Å². The number of benzene rings is 1. The number of rotatable bonds is 6. The summed E-state index contributed by atoms with van der Waals surface area (Å²) in [6.45, 7) is 0.574. The first-order valence-electron chi connectivity index (χ1n) is 7.11. The highest BCUT2D eigenvalue weighted by Crippen LogP contribution is 2.38. The van der Waals surface area contributed by atoms with E-state index < -0.39 is 13.1 Å². The van der Waals surface area contributed by atoms with Crippen molar-refractivity contribution in [2.24, 2.45) is 5.73 Å². The van der Waals surface area contributed by atoms with Crippen molar-refractivity contribution < 1.29 is 19.6 Å². The normalized spacial score (nSPS) is 16.6. The number of hydrogen-bond donors (Lipinski definition) is 3. The van der Waals surface area contributed by atoms with Crippen LogP contribution in [0.5, 0.6) is 5.75 Å². The highest BCUT2D eigenvalue weighted by atomic mass is 32.2. The summed E-state index contributed by atoms with van der Waals surface area (Å²) in [5.74, 6) is -0.0542. The van der Waals surface area contributed by atoms with Gasteiger partial charge in [0.25, 0.3) is 0 Å². The molecule has 2 aromatic rings. The second-order valence-electron chi connectivity index (χ2n) is 4.94. The van der Waals surface area contributed by atoms with Gasteiger partial charge in [-0.2, -0.15) is 0 Å². The minimum Gasteiger partial charge on any atom is -0.535 e. The molecule has 0 saturated carbocycles. The predicted molar refractivity (Wildman–Crippen MR) is 95.0 cm³/mol. The van der Waals surface area contributed by atoms with Crippen LogP contribution < -0.4 is 10.4 Å². The maximum absolute atomic E-state index is 11.2. The van der Waals surface area contributed by atoms with E-state index in [1.165, 1.54) is 29.2 Å². The fourth-order valence-corrected chi connectivity index (χ4v) is 5.41. The third-order valence-corrected chi connectivity index (χ3v) is 6.70. The molecule has 3 rings (SSSR count). The zero-order chi connectivity index (χ0) is 17.1. The molecule has 0 radical (unpaired) electrons. The number of para-hydroxylation sites is 1. The van der Waals surface area contributed by atoms with Gasteiger partial charge in [0.05, 0.1) is 10.7 Å². The summed E-state index contributed by atoms with van der Waals surface area (Å²) in [5.41, 5.74) is 6.29. The van der Waals surface area contributed by atoms with Crippen LogP contribution in [-0.2, 0) is 6.42 Å². The molecule has 0 unspecified atom stereocenters. The van der Waals surface area contributed by atoms with Crippen LogP contribution in [0, 0.1) is 0 Å². The monoisotopic (exact) mass is 383 g/mol. The van der Waals surface area contributed by atoms with E-state index in [0.717, 1.165) is 20.0 Å². The Morgan fingerprint density at radius 3 is 3.00 bits per heavy atom. The van der Waals surface area contributed by atoms with Gasteiger partial charge < -0.3 is 20.5 Å². The van der Waals surface area contributed by atoms with Gasteiger partial charge >= 0.3 is 13.1 Å². The van der Waals surface area contributed by atoms with Crippen LogP contribution in [0.4, 0.5) is 0 Å². The molecule has 1 aromatic carbocycles.